The molecule has 0 aliphatic rings. The minimum atomic E-state index is -1.46. The van der Waals surface area contributed by atoms with E-state index in [4.69, 9.17) is 0 Å². The summed E-state index contributed by atoms with van der Waals surface area (Å²) >= 11 is 3.14. The van der Waals surface area contributed by atoms with E-state index in [0.29, 0.717) is 22.3 Å². The fourth-order valence-corrected chi connectivity index (χ4v) is 2.39. The highest BCUT2D eigenvalue weighted by Crippen LogP contribution is 2.17. The Morgan fingerprint density at radius 3 is 2.42 bits per heavy atom. The predicted octanol–water partition coefficient (Wildman–Crippen LogP) is 2.69. The average molecular weight is 403 g/mol. The summed E-state index contributed by atoms with van der Waals surface area (Å²) in [6, 6.07) is 2.37. The van der Waals surface area contributed by atoms with Gasteiger partial charge in [0.15, 0.2) is 0 Å². The van der Waals surface area contributed by atoms with Crippen LogP contribution in [0.4, 0.5) is 13.2 Å². The average Bonchev–Trinajstić information content (AvgIpc) is 2.47. The molecule has 2 rings (SSSR count). The van der Waals surface area contributed by atoms with E-state index in [-0.39, 0.29) is 6.42 Å². The summed E-state index contributed by atoms with van der Waals surface area (Å²) in [5, 5.41) is 11.2. The number of halogens is 4. The zero-order chi connectivity index (χ0) is 17.9. The van der Waals surface area contributed by atoms with Crippen molar-refractivity contribution in [2.75, 3.05) is 0 Å². The van der Waals surface area contributed by atoms with E-state index >= 15 is 0 Å². The van der Waals surface area contributed by atoms with E-state index in [9.17, 15) is 27.9 Å². The number of carboxylic acids is 1. The molecule has 0 unspecified atom stereocenters. The van der Waals surface area contributed by atoms with Crippen LogP contribution in [0.25, 0.3) is 0 Å². The first-order chi connectivity index (χ1) is 11.3. The maximum absolute atomic E-state index is 13.6. The van der Waals surface area contributed by atoms with Crippen molar-refractivity contribution in [1.82, 2.24) is 10.3 Å². The first kappa shape index (κ1) is 17.9. The van der Waals surface area contributed by atoms with Crippen LogP contribution in [0.5, 0.6) is 0 Å². The predicted molar refractivity (Wildman–Crippen MR) is 80.8 cm³/mol. The Hall–Kier alpha value is -2.42. The van der Waals surface area contributed by atoms with Crippen LogP contribution >= 0.6 is 15.9 Å². The molecule has 0 saturated heterocycles. The molecular formula is C15H10BrF3N2O3. The van der Waals surface area contributed by atoms with Gasteiger partial charge in [0.05, 0.1) is 0 Å². The number of aliphatic carboxylic acids is 1. The molecule has 1 atom stereocenters. The van der Waals surface area contributed by atoms with Gasteiger partial charge in [-0.25, -0.2) is 22.9 Å². The van der Waals surface area contributed by atoms with Gasteiger partial charge >= 0.3 is 5.97 Å². The topological polar surface area (TPSA) is 79.3 Å². The van der Waals surface area contributed by atoms with Crippen molar-refractivity contribution in [3.05, 3.63) is 63.6 Å². The van der Waals surface area contributed by atoms with Gasteiger partial charge in [-0.2, -0.15) is 0 Å². The molecule has 1 heterocycles. The normalized spacial score (nSPS) is 11.8. The van der Waals surface area contributed by atoms with Crippen LogP contribution in [0.1, 0.15) is 15.9 Å². The number of carboxylic acid groups (broad SMARTS) is 1. The summed E-state index contributed by atoms with van der Waals surface area (Å²) in [4.78, 5) is 27.2. The van der Waals surface area contributed by atoms with Crippen molar-refractivity contribution in [3.8, 4) is 0 Å². The third-order valence-corrected chi connectivity index (χ3v) is 3.81. The van der Waals surface area contributed by atoms with Gasteiger partial charge in [-0.3, -0.25) is 4.79 Å². The third kappa shape index (κ3) is 4.10. The summed E-state index contributed by atoms with van der Waals surface area (Å²) in [6.45, 7) is 0. The maximum Gasteiger partial charge on any atom is 0.326 e. The number of carbonyl (C=O) groups excluding carboxylic acids is 1. The van der Waals surface area contributed by atoms with Crippen LogP contribution in [-0.2, 0) is 11.2 Å². The number of nitrogens with zero attached hydrogens (tertiary/aromatic N) is 1. The van der Waals surface area contributed by atoms with Gasteiger partial charge in [0.25, 0.3) is 5.91 Å². The standard InChI is InChI=1S/C15H10BrF3N2O3/c16-13-7(2-1-3-20-13)4-11(15(23)24)21-14(22)12-9(18)5-8(17)6-10(12)19/h1-3,5-6,11H,4H2,(H,21,22)(H,23,24)/t11-/m0/s1. The van der Waals surface area contributed by atoms with E-state index < -0.39 is 40.9 Å². The molecule has 0 radical (unpaired) electrons. The molecule has 5 nitrogen and oxygen atoms in total. The molecule has 2 N–H and O–H groups in total. The lowest BCUT2D eigenvalue weighted by molar-refractivity contribution is -0.139. The number of nitrogens with one attached hydrogen (secondary N) is 1. The monoisotopic (exact) mass is 402 g/mol. The number of pyridine rings is 1. The van der Waals surface area contributed by atoms with E-state index in [0.717, 1.165) is 0 Å². The number of carbonyl (C=O) groups is 2. The van der Waals surface area contributed by atoms with Crippen molar-refractivity contribution >= 4 is 27.8 Å². The molecule has 0 aliphatic heterocycles. The van der Waals surface area contributed by atoms with Crippen LogP contribution in [-0.4, -0.2) is 28.0 Å². The second kappa shape index (κ2) is 7.43. The molecule has 9 heteroatoms. The van der Waals surface area contributed by atoms with Crippen LogP contribution in [0.3, 0.4) is 0 Å². The molecule has 0 saturated carbocycles. The summed E-state index contributed by atoms with van der Waals surface area (Å²) in [6.07, 6.45) is 1.31. The molecule has 1 amide bonds. The SMILES string of the molecule is O=C(N[C@@H](Cc1cccnc1Br)C(=O)O)c1c(F)cc(F)cc1F. The summed E-state index contributed by atoms with van der Waals surface area (Å²) < 4.78 is 40.5. The summed E-state index contributed by atoms with van der Waals surface area (Å²) in [5.41, 5.74) is -0.571. The van der Waals surface area contributed by atoms with Crippen LogP contribution < -0.4 is 5.32 Å². The third-order valence-electron chi connectivity index (χ3n) is 3.10. The van der Waals surface area contributed by atoms with E-state index in [1.807, 2.05) is 5.32 Å². The van der Waals surface area contributed by atoms with Crippen LogP contribution in [0.2, 0.25) is 0 Å². The van der Waals surface area contributed by atoms with Gasteiger partial charge in [-0.15, -0.1) is 0 Å². The fraction of sp³-hybridized carbons (Fsp3) is 0.133. The largest absolute Gasteiger partial charge is 0.480 e. The summed E-state index contributed by atoms with van der Waals surface area (Å²) in [5.74, 6) is -6.72. The first-order valence-electron chi connectivity index (χ1n) is 6.57. The zero-order valence-corrected chi connectivity index (χ0v) is 13.5. The number of aromatic nitrogens is 1. The molecule has 0 bridgehead atoms. The highest BCUT2D eigenvalue weighted by atomic mass is 79.9. The van der Waals surface area contributed by atoms with Crippen LogP contribution in [0.15, 0.2) is 35.1 Å². The van der Waals surface area contributed by atoms with E-state index in [1.165, 1.54) is 6.20 Å². The van der Waals surface area contributed by atoms with Crippen LogP contribution in [0, 0.1) is 17.5 Å². The Labute approximate surface area is 142 Å². The van der Waals surface area contributed by atoms with Gasteiger partial charge in [-0.1, -0.05) is 6.07 Å². The Morgan fingerprint density at radius 1 is 1.25 bits per heavy atom. The highest BCUT2D eigenvalue weighted by Gasteiger charge is 2.26. The number of hydrogen-bond acceptors (Lipinski definition) is 3. The molecule has 24 heavy (non-hydrogen) atoms. The van der Waals surface area contributed by atoms with Crippen molar-refractivity contribution < 1.29 is 27.9 Å². The molecule has 0 aliphatic carbocycles. The molecule has 0 spiro atoms. The lowest BCUT2D eigenvalue weighted by Crippen LogP contribution is -2.43. The molecule has 126 valence electrons. The molecule has 2 aromatic rings. The summed E-state index contributed by atoms with van der Waals surface area (Å²) in [7, 11) is 0. The van der Waals surface area contributed by atoms with E-state index in [1.54, 1.807) is 12.1 Å². The fourth-order valence-electron chi connectivity index (χ4n) is 1.98. The Bertz CT molecular complexity index is 778. The van der Waals surface area contributed by atoms with Crippen molar-refractivity contribution in [3.63, 3.8) is 0 Å². The van der Waals surface area contributed by atoms with Gasteiger partial charge in [-0.05, 0) is 27.6 Å². The van der Waals surface area contributed by atoms with Crippen molar-refractivity contribution in [2.45, 2.75) is 12.5 Å². The molecule has 0 fully saturated rings. The lowest BCUT2D eigenvalue weighted by atomic mass is 10.1. The highest BCUT2D eigenvalue weighted by molar-refractivity contribution is 9.10. The van der Waals surface area contributed by atoms with E-state index in [2.05, 4.69) is 20.9 Å². The number of amides is 1. The lowest BCUT2D eigenvalue weighted by Gasteiger charge is -2.15. The maximum atomic E-state index is 13.6. The second-order valence-corrected chi connectivity index (χ2v) is 5.52. The van der Waals surface area contributed by atoms with Gasteiger partial charge < -0.3 is 10.4 Å². The van der Waals surface area contributed by atoms with Gasteiger partial charge in [0, 0.05) is 24.8 Å². The Morgan fingerprint density at radius 2 is 1.88 bits per heavy atom. The van der Waals surface area contributed by atoms with Gasteiger partial charge in [0.2, 0.25) is 0 Å². The smallest absolute Gasteiger partial charge is 0.326 e. The molecule has 1 aromatic carbocycles. The minimum absolute atomic E-state index is 0.167. The number of rotatable bonds is 5. The zero-order valence-electron chi connectivity index (χ0n) is 11.9. The number of benzene rings is 1. The molecular weight excluding hydrogens is 393 g/mol. The first-order valence-corrected chi connectivity index (χ1v) is 7.36. The van der Waals surface area contributed by atoms with Gasteiger partial charge in [0.1, 0.15) is 33.7 Å². The number of hydrogen-bond donors (Lipinski definition) is 2. The minimum Gasteiger partial charge on any atom is -0.480 e. The quantitative estimate of drug-likeness (QED) is 0.753. The molecule has 1 aromatic heterocycles. The van der Waals surface area contributed by atoms with Crippen molar-refractivity contribution in [2.24, 2.45) is 0 Å². The van der Waals surface area contributed by atoms with Crippen molar-refractivity contribution in [1.29, 1.82) is 0 Å². The second-order valence-electron chi connectivity index (χ2n) is 4.77. The Balaban J connectivity index is 2.24. The Kier molecular flexibility index (Phi) is 5.55.